The quantitative estimate of drug-likeness (QED) is 0.264. The first-order chi connectivity index (χ1) is 7.27. The number of unbranched alkanes of at least 4 members (excludes halogenated alkanes) is 3. The fourth-order valence-electron chi connectivity index (χ4n) is 1.24. The molecule has 1 atom stereocenters. The Morgan fingerprint density at radius 1 is 1.13 bits per heavy atom. The number of rotatable bonds is 10. The van der Waals surface area contributed by atoms with Crippen LogP contribution in [0.15, 0.2) is 12.2 Å². The van der Waals surface area contributed by atoms with E-state index in [-0.39, 0.29) is 6.10 Å². The van der Waals surface area contributed by atoms with Crippen LogP contribution in [0.2, 0.25) is 0 Å². The van der Waals surface area contributed by atoms with Gasteiger partial charge in [-0.25, -0.2) is 9.78 Å². The Balaban J connectivity index is 3.03. The molecule has 1 N–H and O–H groups in total. The van der Waals surface area contributed by atoms with Crippen LogP contribution in [0, 0.1) is 0 Å². The van der Waals surface area contributed by atoms with Gasteiger partial charge < -0.3 is 5.11 Å². The van der Waals surface area contributed by atoms with Crippen molar-refractivity contribution in [1.29, 1.82) is 0 Å². The Hall–Kier alpha value is -0.380. The average Bonchev–Trinajstić information content (AvgIpc) is 2.20. The molecule has 90 valence electrons. The standard InChI is InChI=1S/C12H24O3/c1-3-14-15-11-9-7-5-4-6-8-10-12(2)13/h7,9,12-13H,3-6,8,10-11H2,1-2H3/b9-7+/t12-/m1/s1. The van der Waals surface area contributed by atoms with Gasteiger partial charge in [-0.3, -0.25) is 0 Å². The number of aliphatic hydroxyl groups is 1. The summed E-state index contributed by atoms with van der Waals surface area (Å²) in [7, 11) is 0. The minimum Gasteiger partial charge on any atom is -0.393 e. The minimum absolute atomic E-state index is 0.153. The highest BCUT2D eigenvalue weighted by Gasteiger charge is 1.94. The summed E-state index contributed by atoms with van der Waals surface area (Å²) in [6.45, 7) is 4.85. The minimum atomic E-state index is -0.153. The van der Waals surface area contributed by atoms with Crippen molar-refractivity contribution in [3.8, 4) is 0 Å². The van der Waals surface area contributed by atoms with E-state index in [9.17, 15) is 0 Å². The van der Waals surface area contributed by atoms with Gasteiger partial charge in [0.25, 0.3) is 0 Å². The second-order valence-corrected chi connectivity index (χ2v) is 3.65. The number of aliphatic hydroxyl groups excluding tert-OH is 1. The summed E-state index contributed by atoms with van der Waals surface area (Å²) < 4.78 is 0. The molecular weight excluding hydrogens is 192 g/mol. The van der Waals surface area contributed by atoms with E-state index in [4.69, 9.17) is 14.9 Å². The molecule has 0 aromatic rings. The third-order valence-electron chi connectivity index (χ3n) is 2.02. The summed E-state index contributed by atoms with van der Waals surface area (Å²) in [5, 5.41) is 9.03. The van der Waals surface area contributed by atoms with Crippen LogP contribution in [0.3, 0.4) is 0 Å². The van der Waals surface area contributed by atoms with E-state index in [0.29, 0.717) is 13.2 Å². The molecule has 0 amide bonds. The molecule has 0 aromatic carbocycles. The summed E-state index contributed by atoms with van der Waals surface area (Å²) in [5.41, 5.74) is 0. The van der Waals surface area contributed by atoms with Gasteiger partial charge in [-0.15, -0.1) is 0 Å². The van der Waals surface area contributed by atoms with Crippen molar-refractivity contribution in [3.63, 3.8) is 0 Å². The van der Waals surface area contributed by atoms with Gasteiger partial charge >= 0.3 is 0 Å². The summed E-state index contributed by atoms with van der Waals surface area (Å²) >= 11 is 0. The lowest BCUT2D eigenvalue weighted by Gasteiger charge is -2.02. The zero-order chi connectivity index (χ0) is 11.4. The van der Waals surface area contributed by atoms with Gasteiger partial charge in [0.1, 0.15) is 6.61 Å². The van der Waals surface area contributed by atoms with Crippen molar-refractivity contribution in [2.45, 2.75) is 52.1 Å². The molecule has 0 radical (unpaired) electrons. The maximum atomic E-state index is 9.03. The molecule has 0 aliphatic rings. The summed E-state index contributed by atoms with van der Waals surface area (Å²) in [6, 6.07) is 0. The van der Waals surface area contributed by atoms with E-state index in [1.54, 1.807) is 0 Å². The van der Waals surface area contributed by atoms with Crippen LogP contribution in [0.25, 0.3) is 0 Å². The van der Waals surface area contributed by atoms with Crippen LogP contribution in [0.5, 0.6) is 0 Å². The molecule has 0 saturated heterocycles. The highest BCUT2D eigenvalue weighted by atomic mass is 17.2. The van der Waals surface area contributed by atoms with Gasteiger partial charge in [0, 0.05) is 0 Å². The second-order valence-electron chi connectivity index (χ2n) is 3.65. The van der Waals surface area contributed by atoms with E-state index in [1.165, 1.54) is 12.8 Å². The Kier molecular flexibility index (Phi) is 11.4. The van der Waals surface area contributed by atoms with Crippen molar-refractivity contribution in [1.82, 2.24) is 0 Å². The Morgan fingerprint density at radius 2 is 1.93 bits per heavy atom. The predicted molar refractivity (Wildman–Crippen MR) is 61.5 cm³/mol. The lowest BCUT2D eigenvalue weighted by atomic mass is 10.1. The first-order valence-corrected chi connectivity index (χ1v) is 5.84. The average molecular weight is 216 g/mol. The van der Waals surface area contributed by atoms with E-state index >= 15 is 0 Å². The molecule has 3 heteroatoms. The number of allylic oxidation sites excluding steroid dienone is 1. The van der Waals surface area contributed by atoms with Crippen molar-refractivity contribution in [2.75, 3.05) is 13.2 Å². The molecule has 0 rings (SSSR count). The monoisotopic (exact) mass is 216 g/mol. The van der Waals surface area contributed by atoms with Crippen LogP contribution < -0.4 is 0 Å². The zero-order valence-corrected chi connectivity index (χ0v) is 9.95. The van der Waals surface area contributed by atoms with E-state index in [0.717, 1.165) is 19.3 Å². The smallest absolute Gasteiger partial charge is 0.100 e. The van der Waals surface area contributed by atoms with Gasteiger partial charge in [0.2, 0.25) is 0 Å². The van der Waals surface area contributed by atoms with Crippen molar-refractivity contribution < 1.29 is 14.9 Å². The second kappa shape index (κ2) is 11.7. The van der Waals surface area contributed by atoms with Crippen LogP contribution in [-0.4, -0.2) is 24.4 Å². The third-order valence-corrected chi connectivity index (χ3v) is 2.02. The first kappa shape index (κ1) is 14.6. The van der Waals surface area contributed by atoms with Crippen molar-refractivity contribution in [3.05, 3.63) is 12.2 Å². The fourth-order valence-corrected chi connectivity index (χ4v) is 1.24. The van der Waals surface area contributed by atoms with Crippen LogP contribution in [0.4, 0.5) is 0 Å². The molecule has 0 fully saturated rings. The maximum Gasteiger partial charge on any atom is 0.100 e. The van der Waals surface area contributed by atoms with Crippen molar-refractivity contribution in [2.24, 2.45) is 0 Å². The lowest BCUT2D eigenvalue weighted by Crippen LogP contribution is -1.97. The zero-order valence-electron chi connectivity index (χ0n) is 9.95. The third kappa shape index (κ3) is 13.6. The molecule has 0 aliphatic heterocycles. The molecule has 15 heavy (non-hydrogen) atoms. The first-order valence-electron chi connectivity index (χ1n) is 5.84. The van der Waals surface area contributed by atoms with Crippen LogP contribution >= 0.6 is 0 Å². The van der Waals surface area contributed by atoms with Gasteiger partial charge in [0.15, 0.2) is 0 Å². The molecule has 0 bridgehead atoms. The molecular formula is C12H24O3. The van der Waals surface area contributed by atoms with E-state index in [1.807, 2.05) is 19.9 Å². The molecule has 0 spiro atoms. The number of hydrogen-bond donors (Lipinski definition) is 1. The number of hydrogen-bond acceptors (Lipinski definition) is 3. The highest BCUT2D eigenvalue weighted by Crippen LogP contribution is 2.05. The van der Waals surface area contributed by atoms with Crippen molar-refractivity contribution >= 4 is 0 Å². The Morgan fingerprint density at radius 3 is 2.60 bits per heavy atom. The molecule has 0 heterocycles. The maximum absolute atomic E-state index is 9.03. The summed E-state index contributed by atoms with van der Waals surface area (Å²) in [4.78, 5) is 9.55. The largest absolute Gasteiger partial charge is 0.393 e. The van der Waals surface area contributed by atoms with Gasteiger partial charge in [-0.1, -0.05) is 25.0 Å². The van der Waals surface area contributed by atoms with E-state index in [2.05, 4.69) is 6.08 Å². The van der Waals surface area contributed by atoms with E-state index < -0.39 is 0 Å². The Labute approximate surface area is 93.0 Å². The molecule has 0 unspecified atom stereocenters. The summed E-state index contributed by atoms with van der Waals surface area (Å²) in [6.07, 6.45) is 9.40. The topological polar surface area (TPSA) is 38.7 Å². The lowest BCUT2D eigenvalue weighted by molar-refractivity contribution is -0.282. The Bertz CT molecular complexity index is 144. The fraction of sp³-hybridized carbons (Fsp3) is 0.833. The molecule has 3 nitrogen and oxygen atoms in total. The SMILES string of the molecule is CCOOC/C=C/CCCCC[C@@H](C)O. The molecule has 0 aliphatic carbocycles. The van der Waals surface area contributed by atoms with Gasteiger partial charge in [-0.2, -0.15) is 0 Å². The highest BCUT2D eigenvalue weighted by molar-refractivity contribution is 4.80. The van der Waals surface area contributed by atoms with Crippen LogP contribution in [-0.2, 0) is 9.78 Å². The normalized spacial score (nSPS) is 13.5. The molecule has 0 aromatic heterocycles. The van der Waals surface area contributed by atoms with Gasteiger partial charge in [-0.05, 0) is 33.1 Å². The molecule has 0 saturated carbocycles. The predicted octanol–water partition coefficient (Wildman–Crippen LogP) is 2.84. The summed E-state index contributed by atoms with van der Waals surface area (Å²) in [5.74, 6) is 0. The van der Waals surface area contributed by atoms with Crippen LogP contribution in [0.1, 0.15) is 46.0 Å². The van der Waals surface area contributed by atoms with Gasteiger partial charge in [0.05, 0.1) is 12.7 Å².